The maximum atomic E-state index is 8.29. The van der Waals surface area contributed by atoms with Crippen LogP contribution in [0.2, 0.25) is 0 Å². The molecule has 0 aliphatic carbocycles. The molecule has 0 bridgehead atoms. The van der Waals surface area contributed by atoms with Crippen molar-refractivity contribution in [3.63, 3.8) is 0 Å². The summed E-state index contributed by atoms with van der Waals surface area (Å²) < 4.78 is 0. The number of aryl methyl sites for hydroxylation is 1. The molecule has 0 aromatic heterocycles. The summed E-state index contributed by atoms with van der Waals surface area (Å²) >= 11 is 0. The molecule has 10 heavy (non-hydrogen) atoms. The van der Waals surface area contributed by atoms with E-state index in [9.17, 15) is 0 Å². The van der Waals surface area contributed by atoms with Gasteiger partial charge in [-0.25, -0.2) is 5.26 Å². The monoisotopic (exact) mass is 139 g/mol. The van der Waals surface area contributed by atoms with Gasteiger partial charge in [0.15, 0.2) is 5.75 Å². The van der Waals surface area contributed by atoms with Gasteiger partial charge in [0.25, 0.3) is 0 Å². The Labute approximate surface area is 59.0 Å². The Bertz CT molecular complexity index is 235. The lowest BCUT2D eigenvalue weighted by Crippen LogP contribution is -1.90. The summed E-state index contributed by atoms with van der Waals surface area (Å²) in [7, 11) is 0. The van der Waals surface area contributed by atoms with Crippen molar-refractivity contribution in [3.05, 3.63) is 23.8 Å². The molecule has 0 saturated carbocycles. The maximum Gasteiger partial charge on any atom is 0.170 e. The predicted molar refractivity (Wildman–Crippen MR) is 38.8 cm³/mol. The second-order valence-electron chi connectivity index (χ2n) is 2.12. The van der Waals surface area contributed by atoms with Crippen molar-refractivity contribution in [2.45, 2.75) is 6.92 Å². The van der Waals surface area contributed by atoms with E-state index in [4.69, 9.17) is 11.0 Å². The summed E-state index contributed by atoms with van der Waals surface area (Å²) in [5.41, 5.74) is 6.85. The molecule has 0 aliphatic heterocycles. The molecule has 1 aromatic rings. The lowest BCUT2D eigenvalue weighted by Gasteiger charge is -2.00. The van der Waals surface area contributed by atoms with Crippen LogP contribution in [-0.4, -0.2) is 5.26 Å². The normalized spacial score (nSPS) is 9.40. The van der Waals surface area contributed by atoms with E-state index in [0.717, 1.165) is 5.56 Å². The number of nitrogen functional groups attached to an aromatic ring is 1. The molecule has 0 fully saturated rings. The fourth-order valence-corrected chi connectivity index (χ4v) is 0.715. The number of rotatable bonds is 1. The third kappa shape index (κ3) is 1.19. The van der Waals surface area contributed by atoms with Crippen LogP contribution in [0.1, 0.15) is 5.56 Å². The van der Waals surface area contributed by atoms with E-state index in [1.807, 2.05) is 6.92 Å². The highest BCUT2D eigenvalue weighted by Crippen LogP contribution is 2.19. The summed E-state index contributed by atoms with van der Waals surface area (Å²) in [6, 6.07) is 5.09. The highest BCUT2D eigenvalue weighted by atomic mass is 17.1. The van der Waals surface area contributed by atoms with Crippen LogP contribution in [-0.2, 0) is 0 Å². The zero-order valence-electron chi connectivity index (χ0n) is 5.66. The predicted octanol–water partition coefficient (Wildman–Crippen LogP) is 1.43. The van der Waals surface area contributed by atoms with Gasteiger partial charge in [-0.1, -0.05) is 6.07 Å². The Morgan fingerprint density at radius 3 is 2.70 bits per heavy atom. The van der Waals surface area contributed by atoms with Crippen LogP contribution < -0.4 is 10.6 Å². The Hall–Kier alpha value is -1.22. The molecule has 0 aliphatic rings. The van der Waals surface area contributed by atoms with Crippen LogP contribution >= 0.6 is 0 Å². The molecule has 0 atom stereocenters. The summed E-state index contributed by atoms with van der Waals surface area (Å²) in [5.74, 6) is 0.403. The van der Waals surface area contributed by atoms with E-state index in [-0.39, 0.29) is 0 Å². The van der Waals surface area contributed by atoms with E-state index >= 15 is 0 Å². The molecule has 3 N–H and O–H groups in total. The van der Waals surface area contributed by atoms with Crippen molar-refractivity contribution in [2.24, 2.45) is 0 Å². The van der Waals surface area contributed by atoms with Crippen molar-refractivity contribution in [1.82, 2.24) is 0 Å². The van der Waals surface area contributed by atoms with Crippen molar-refractivity contribution in [3.8, 4) is 5.75 Å². The van der Waals surface area contributed by atoms with Gasteiger partial charge in [-0.3, -0.25) is 0 Å². The number of hydrogen-bond acceptors (Lipinski definition) is 3. The second-order valence-corrected chi connectivity index (χ2v) is 2.12. The van der Waals surface area contributed by atoms with Gasteiger partial charge >= 0.3 is 0 Å². The molecule has 0 amide bonds. The second kappa shape index (κ2) is 2.58. The number of nitrogens with two attached hydrogens (primary N) is 1. The minimum absolute atomic E-state index is 0.403. The van der Waals surface area contributed by atoms with E-state index in [2.05, 4.69) is 4.89 Å². The summed E-state index contributed by atoms with van der Waals surface area (Å²) in [5, 5.41) is 8.29. The zero-order valence-corrected chi connectivity index (χ0v) is 5.66. The van der Waals surface area contributed by atoms with Crippen LogP contribution in [0.4, 0.5) is 5.69 Å². The summed E-state index contributed by atoms with van der Waals surface area (Å²) in [6.45, 7) is 1.82. The first-order valence-corrected chi connectivity index (χ1v) is 2.91. The molecule has 0 radical (unpaired) electrons. The Morgan fingerprint density at radius 1 is 1.50 bits per heavy atom. The average molecular weight is 139 g/mol. The standard InChI is InChI=1S/C7H9NO2/c1-5-2-3-6(8)4-7(5)10-9/h2-4,9H,8H2,1H3. The quantitative estimate of drug-likeness (QED) is 0.351. The van der Waals surface area contributed by atoms with Gasteiger partial charge in [0.1, 0.15) is 0 Å². The van der Waals surface area contributed by atoms with Crippen LogP contribution in [0.3, 0.4) is 0 Å². The van der Waals surface area contributed by atoms with Crippen molar-refractivity contribution < 1.29 is 10.1 Å². The smallest absolute Gasteiger partial charge is 0.170 e. The van der Waals surface area contributed by atoms with Crippen molar-refractivity contribution in [2.75, 3.05) is 5.73 Å². The first-order chi connectivity index (χ1) is 4.74. The SMILES string of the molecule is Cc1ccc(N)cc1OO. The van der Waals surface area contributed by atoms with Gasteiger partial charge in [0.05, 0.1) is 0 Å². The van der Waals surface area contributed by atoms with Crippen LogP contribution in [0.15, 0.2) is 18.2 Å². The Morgan fingerprint density at radius 2 is 2.20 bits per heavy atom. The minimum atomic E-state index is 0.403. The van der Waals surface area contributed by atoms with Crippen molar-refractivity contribution in [1.29, 1.82) is 0 Å². The van der Waals surface area contributed by atoms with Crippen LogP contribution in [0, 0.1) is 6.92 Å². The molecule has 1 rings (SSSR count). The van der Waals surface area contributed by atoms with Gasteiger partial charge in [0.2, 0.25) is 0 Å². The molecule has 3 heteroatoms. The molecule has 0 saturated heterocycles. The fourth-order valence-electron chi connectivity index (χ4n) is 0.715. The third-order valence-corrected chi connectivity index (χ3v) is 1.31. The lowest BCUT2D eigenvalue weighted by molar-refractivity contribution is -0.138. The van der Waals surface area contributed by atoms with Gasteiger partial charge in [-0.15, -0.1) is 0 Å². The largest absolute Gasteiger partial charge is 0.399 e. The molecule has 1 aromatic carbocycles. The first-order valence-electron chi connectivity index (χ1n) is 2.91. The van der Waals surface area contributed by atoms with Crippen LogP contribution in [0.5, 0.6) is 5.75 Å². The summed E-state index contributed by atoms with van der Waals surface area (Å²) in [4.78, 5) is 4.05. The number of hydrogen-bond donors (Lipinski definition) is 2. The molecule has 0 spiro atoms. The molecule has 3 nitrogen and oxygen atoms in total. The first kappa shape index (κ1) is 6.89. The summed E-state index contributed by atoms with van der Waals surface area (Å²) in [6.07, 6.45) is 0. The molecule has 0 unspecified atom stereocenters. The fraction of sp³-hybridized carbons (Fsp3) is 0.143. The number of benzene rings is 1. The Balaban J connectivity index is 3.09. The van der Waals surface area contributed by atoms with E-state index in [1.54, 1.807) is 18.2 Å². The Kier molecular flexibility index (Phi) is 1.78. The van der Waals surface area contributed by atoms with Gasteiger partial charge in [-0.05, 0) is 18.6 Å². The van der Waals surface area contributed by atoms with E-state index < -0.39 is 0 Å². The maximum absolute atomic E-state index is 8.29. The lowest BCUT2D eigenvalue weighted by atomic mass is 10.2. The van der Waals surface area contributed by atoms with Gasteiger partial charge < -0.3 is 10.6 Å². The molecular formula is C7H9NO2. The van der Waals surface area contributed by atoms with Crippen LogP contribution in [0.25, 0.3) is 0 Å². The van der Waals surface area contributed by atoms with E-state index in [0.29, 0.717) is 11.4 Å². The highest BCUT2D eigenvalue weighted by Gasteiger charge is 1.97. The van der Waals surface area contributed by atoms with Crippen molar-refractivity contribution >= 4 is 5.69 Å². The highest BCUT2D eigenvalue weighted by molar-refractivity contribution is 5.47. The van der Waals surface area contributed by atoms with E-state index in [1.165, 1.54) is 0 Å². The van der Waals surface area contributed by atoms with Gasteiger partial charge in [-0.2, -0.15) is 0 Å². The number of anilines is 1. The topological polar surface area (TPSA) is 55.5 Å². The molecular weight excluding hydrogens is 130 g/mol. The average Bonchev–Trinajstić information content (AvgIpc) is 1.94. The third-order valence-electron chi connectivity index (χ3n) is 1.31. The minimum Gasteiger partial charge on any atom is -0.399 e. The molecule has 54 valence electrons. The zero-order chi connectivity index (χ0) is 7.56. The molecule has 0 heterocycles. The van der Waals surface area contributed by atoms with Gasteiger partial charge in [0, 0.05) is 11.8 Å².